The molecule has 3 amide bonds. The van der Waals surface area contributed by atoms with Crippen LogP contribution in [0.3, 0.4) is 0 Å². The highest BCUT2D eigenvalue weighted by atomic mass is 16.6. The summed E-state index contributed by atoms with van der Waals surface area (Å²) in [6.45, 7) is 3.38. The van der Waals surface area contributed by atoms with Crippen molar-refractivity contribution in [3.63, 3.8) is 0 Å². The van der Waals surface area contributed by atoms with E-state index in [1.54, 1.807) is 54.6 Å². The highest BCUT2D eigenvalue weighted by molar-refractivity contribution is 6.24. The minimum Gasteiger partial charge on any atom is -0.491 e. The number of nitrogens with zero attached hydrogens (tertiary/aromatic N) is 4. The molecular weight excluding hydrogens is 951 g/mol. The van der Waals surface area contributed by atoms with E-state index in [-0.39, 0.29) is 32.1 Å². The van der Waals surface area contributed by atoms with E-state index in [0.717, 1.165) is 21.7 Å². The van der Waals surface area contributed by atoms with E-state index < -0.39 is 59.4 Å². The molecule has 6 aromatic rings. The third kappa shape index (κ3) is 10.1. The van der Waals surface area contributed by atoms with Gasteiger partial charge in [-0.1, -0.05) is 115 Å². The molecule has 1 spiro atoms. The van der Waals surface area contributed by atoms with E-state index in [9.17, 15) is 9.90 Å². The lowest BCUT2D eigenvalue weighted by Crippen LogP contribution is -2.54. The van der Waals surface area contributed by atoms with E-state index in [1.807, 2.05) is 103 Å². The first-order valence-electron chi connectivity index (χ1n) is 25.2. The van der Waals surface area contributed by atoms with Crippen LogP contribution in [0.5, 0.6) is 5.75 Å². The van der Waals surface area contributed by atoms with E-state index in [4.69, 9.17) is 23.7 Å². The molecule has 4 aliphatic heterocycles. The number of benzene rings is 6. The highest BCUT2D eigenvalue weighted by Gasteiger charge is 2.75. The van der Waals surface area contributed by atoms with E-state index in [2.05, 4.69) is 39.1 Å². The number of rotatable bonds is 15. The Labute approximate surface area is 436 Å². The van der Waals surface area contributed by atoms with Crippen LogP contribution in [0.25, 0.3) is 0 Å². The molecule has 4 aliphatic rings. The maximum absolute atomic E-state index is 16.6. The van der Waals surface area contributed by atoms with Gasteiger partial charge in [0.05, 0.1) is 56.7 Å². The molecule has 3 saturated heterocycles. The number of fused-ring (bicyclic) bond motifs is 3. The number of methoxy groups -OCH3 is 1. The molecule has 0 aromatic heterocycles. The normalized spacial score (nSPS) is 22.0. The van der Waals surface area contributed by atoms with Gasteiger partial charge in [-0.25, -0.2) is 9.69 Å². The Hall–Kier alpha value is -7.84. The van der Waals surface area contributed by atoms with Gasteiger partial charge < -0.3 is 39.0 Å². The van der Waals surface area contributed by atoms with E-state index >= 15 is 14.4 Å². The predicted molar refractivity (Wildman–Crippen MR) is 282 cm³/mol. The molecule has 0 aliphatic carbocycles. The molecule has 4 heterocycles. The molecule has 3 fully saturated rings. The van der Waals surface area contributed by atoms with Gasteiger partial charge in [0, 0.05) is 43.7 Å². The number of anilines is 3. The van der Waals surface area contributed by atoms with Crippen LogP contribution >= 0.6 is 0 Å². The number of aliphatic hydroxyl groups excluding tert-OH is 1. The molecule has 0 radical (unpaired) electrons. The van der Waals surface area contributed by atoms with Gasteiger partial charge in [0.15, 0.2) is 0 Å². The van der Waals surface area contributed by atoms with E-state index in [0.29, 0.717) is 73.1 Å². The first kappa shape index (κ1) is 50.7. The average molecular weight is 1010 g/mol. The summed E-state index contributed by atoms with van der Waals surface area (Å²) in [6, 6.07) is 45.4. The van der Waals surface area contributed by atoms with Gasteiger partial charge >= 0.3 is 12.1 Å². The predicted octanol–water partition coefficient (Wildman–Crippen LogP) is 7.47. The fraction of sp³-hybridized carbons (Fsp3) is 0.300. The van der Waals surface area contributed by atoms with Crippen molar-refractivity contribution in [2.75, 3.05) is 88.5 Å². The number of amides is 3. The van der Waals surface area contributed by atoms with Gasteiger partial charge in [0.1, 0.15) is 36.5 Å². The lowest BCUT2D eigenvalue weighted by Gasteiger charge is -2.46. The Morgan fingerprint density at radius 3 is 2.15 bits per heavy atom. The van der Waals surface area contributed by atoms with Crippen LogP contribution in [0, 0.1) is 17.8 Å². The minimum atomic E-state index is -2.05. The molecule has 0 saturated carbocycles. The van der Waals surface area contributed by atoms with Crippen LogP contribution in [0.4, 0.5) is 21.9 Å². The summed E-state index contributed by atoms with van der Waals surface area (Å²) in [5, 5.41) is 12.8. The van der Waals surface area contributed by atoms with Crippen molar-refractivity contribution in [3.05, 3.63) is 191 Å². The van der Waals surface area contributed by atoms with Crippen molar-refractivity contribution < 1.29 is 48.0 Å². The first-order valence-corrected chi connectivity index (χ1v) is 25.2. The van der Waals surface area contributed by atoms with Gasteiger partial charge in [-0.15, -0.1) is 0 Å². The number of morpholine rings is 2. The smallest absolute Gasteiger partial charge is 0.421 e. The van der Waals surface area contributed by atoms with Gasteiger partial charge in [-0.3, -0.25) is 24.2 Å². The zero-order chi connectivity index (χ0) is 51.9. The van der Waals surface area contributed by atoms with E-state index in [1.165, 1.54) is 7.11 Å². The zero-order valence-electron chi connectivity index (χ0n) is 41.9. The third-order valence-electron chi connectivity index (χ3n) is 14.4. The van der Waals surface area contributed by atoms with Crippen molar-refractivity contribution in [2.24, 2.45) is 5.92 Å². The highest BCUT2D eigenvalue weighted by Crippen LogP contribution is 2.66. The van der Waals surface area contributed by atoms with Crippen LogP contribution in [-0.2, 0) is 45.3 Å². The van der Waals surface area contributed by atoms with Gasteiger partial charge in [-0.2, -0.15) is 0 Å². The molecule has 0 bridgehead atoms. The number of nitrogens with one attached hydrogen (secondary N) is 1. The second-order valence-electron chi connectivity index (χ2n) is 19.0. The monoisotopic (exact) mass is 1010 g/mol. The third-order valence-corrected chi connectivity index (χ3v) is 14.4. The number of cyclic esters (lactones) is 1. The van der Waals surface area contributed by atoms with Crippen molar-refractivity contribution >= 4 is 40.9 Å². The average Bonchev–Trinajstić information content (AvgIpc) is 3.91. The van der Waals surface area contributed by atoms with Crippen molar-refractivity contribution in [2.45, 2.75) is 36.2 Å². The SMILES string of the molecule is COCCOC(=O)N1C(=O)C2(c3cc(C#CCN(C)Cc4ccccc4)ccc31)C(C(=O)Nc1ccc(N3CCOCC3)cc1)C1C(=O)OC(c3ccccc3)C(c3ccccc3)N1C2c1ccc(OCCO)cc1. The Balaban J connectivity index is 1.19. The molecule has 15 heteroatoms. The van der Waals surface area contributed by atoms with Gasteiger partial charge in [0.2, 0.25) is 11.8 Å². The Kier molecular flexibility index (Phi) is 15.4. The van der Waals surface area contributed by atoms with Crippen LogP contribution < -0.4 is 19.9 Å². The molecule has 6 aromatic carbocycles. The molecule has 2 N–H and O–H groups in total. The summed E-state index contributed by atoms with van der Waals surface area (Å²) in [5.74, 6) is 3.38. The molecule has 15 nitrogen and oxygen atoms in total. The zero-order valence-corrected chi connectivity index (χ0v) is 41.9. The first-order chi connectivity index (χ1) is 36.7. The van der Waals surface area contributed by atoms with Crippen molar-refractivity contribution in [3.8, 4) is 17.6 Å². The topological polar surface area (TPSA) is 160 Å². The fourth-order valence-corrected chi connectivity index (χ4v) is 11.2. The quantitative estimate of drug-likeness (QED) is 0.0594. The standard InChI is InChI=1S/C60H59N5O10/c1-62(40-42-13-6-3-7-14-42)30-12-15-41-20-29-50-49(39-41)60(58(69)64(50)59(70)74-38-37-71-2)51(56(67)61-46-23-25-47(26-24-46)63-31-34-72-35-32-63)53-57(68)75-54(44-18-10-5-11-19-44)52(43-16-8-4-9-17-43)65(53)55(60)45-21-27-48(28-22-45)73-36-33-66/h3-11,13-14,16-29,39,51-55,66H,30-38,40H2,1-2H3,(H,61,67). The second-order valence-corrected chi connectivity index (χ2v) is 19.0. The summed E-state index contributed by atoms with van der Waals surface area (Å²) in [5.41, 5.74) is 3.45. The number of aliphatic hydroxyl groups is 1. The maximum Gasteiger partial charge on any atom is 0.421 e. The minimum absolute atomic E-state index is 0.0368. The Bertz CT molecular complexity index is 3040. The van der Waals surface area contributed by atoms with Crippen molar-refractivity contribution in [1.29, 1.82) is 0 Å². The largest absolute Gasteiger partial charge is 0.491 e. The number of carbonyl (C=O) groups is 4. The summed E-state index contributed by atoms with van der Waals surface area (Å²) in [7, 11) is 3.46. The number of imide groups is 1. The van der Waals surface area contributed by atoms with Gasteiger partial charge in [0.25, 0.3) is 0 Å². The molecule has 384 valence electrons. The number of carbonyl (C=O) groups excluding carboxylic acids is 4. The number of hydrogen-bond donors (Lipinski definition) is 2. The second kappa shape index (κ2) is 22.7. The number of esters is 1. The lowest BCUT2D eigenvalue weighted by molar-refractivity contribution is -0.177. The van der Waals surface area contributed by atoms with Crippen LogP contribution in [0.2, 0.25) is 0 Å². The summed E-state index contributed by atoms with van der Waals surface area (Å²) >= 11 is 0. The molecule has 6 atom stereocenters. The van der Waals surface area contributed by atoms with Gasteiger partial charge in [-0.05, 0) is 89.5 Å². The molecule has 6 unspecified atom stereocenters. The Morgan fingerprint density at radius 2 is 1.47 bits per heavy atom. The van der Waals surface area contributed by atoms with Crippen LogP contribution in [0.1, 0.15) is 51.6 Å². The fourth-order valence-electron chi connectivity index (χ4n) is 11.2. The summed E-state index contributed by atoms with van der Waals surface area (Å²) < 4.78 is 29.1. The Morgan fingerprint density at radius 1 is 0.787 bits per heavy atom. The molecule has 75 heavy (non-hydrogen) atoms. The van der Waals surface area contributed by atoms with Crippen LogP contribution in [-0.4, -0.2) is 118 Å². The summed E-state index contributed by atoms with van der Waals surface area (Å²) in [6.07, 6.45) is -1.90. The summed E-state index contributed by atoms with van der Waals surface area (Å²) in [4.78, 5) is 70.2. The molecular formula is C60H59N5O10. The molecule has 10 rings (SSSR count). The lowest BCUT2D eigenvalue weighted by atomic mass is 9.65. The number of ether oxygens (including phenoxy) is 5. The van der Waals surface area contributed by atoms with Crippen LogP contribution in [0.15, 0.2) is 158 Å². The number of hydrogen-bond acceptors (Lipinski definition) is 13. The van der Waals surface area contributed by atoms with Crippen molar-refractivity contribution in [1.82, 2.24) is 9.80 Å². The maximum atomic E-state index is 16.6.